The topological polar surface area (TPSA) is 0 Å². The lowest BCUT2D eigenvalue weighted by Crippen LogP contribution is -2.09. The Morgan fingerprint density at radius 3 is 1.40 bits per heavy atom. The first kappa shape index (κ1) is 14.8. The van der Waals surface area contributed by atoms with Crippen LogP contribution >= 0.6 is 0 Å². The molecule has 108 valence electrons. The minimum absolute atomic E-state index is 0.160. The van der Waals surface area contributed by atoms with Crippen molar-refractivity contribution in [3.05, 3.63) is 51.4 Å². The first-order chi connectivity index (χ1) is 9.20. The average molecular weight is 288 g/mol. The molecule has 0 nitrogen and oxygen atoms in total. The molecule has 0 aliphatic heterocycles. The Morgan fingerprint density at radius 2 is 1.05 bits per heavy atom. The van der Waals surface area contributed by atoms with Crippen LogP contribution in [0.25, 0.3) is 5.57 Å². The van der Waals surface area contributed by atoms with Gasteiger partial charge in [-0.3, -0.25) is 0 Å². The standard InChI is InChI=1S/C15H13F5/c1-5-6(2)8(4)9(7(5)3)10-11(16)13(18)15(20)14(19)12(10)17/h7H,1-4H3. The van der Waals surface area contributed by atoms with Gasteiger partial charge in [-0.1, -0.05) is 12.5 Å². The number of allylic oxidation sites excluding steroid dienone is 4. The van der Waals surface area contributed by atoms with Crippen molar-refractivity contribution in [2.75, 3.05) is 0 Å². The van der Waals surface area contributed by atoms with Gasteiger partial charge in [0.15, 0.2) is 23.3 Å². The summed E-state index contributed by atoms with van der Waals surface area (Å²) in [7, 11) is 0. The highest BCUT2D eigenvalue weighted by Gasteiger charge is 2.33. The molecule has 2 rings (SSSR count). The normalized spacial score (nSPS) is 19.4. The molecule has 5 heteroatoms. The van der Waals surface area contributed by atoms with E-state index in [0.717, 1.165) is 11.1 Å². The highest BCUT2D eigenvalue weighted by molar-refractivity contribution is 5.80. The molecule has 1 unspecified atom stereocenters. The van der Waals surface area contributed by atoms with Gasteiger partial charge in [0, 0.05) is 5.92 Å². The molecule has 0 bridgehead atoms. The van der Waals surface area contributed by atoms with Crippen molar-refractivity contribution >= 4 is 5.57 Å². The van der Waals surface area contributed by atoms with Crippen LogP contribution in [0, 0.1) is 35.0 Å². The van der Waals surface area contributed by atoms with Crippen LogP contribution in [-0.4, -0.2) is 0 Å². The lowest BCUT2D eigenvalue weighted by atomic mass is 9.90. The Hall–Kier alpha value is -1.65. The Balaban J connectivity index is 2.80. The Morgan fingerprint density at radius 1 is 0.650 bits per heavy atom. The maximum absolute atomic E-state index is 13.9. The van der Waals surface area contributed by atoms with Crippen LogP contribution in [0.3, 0.4) is 0 Å². The van der Waals surface area contributed by atoms with Crippen LogP contribution in [0.15, 0.2) is 16.7 Å². The predicted molar refractivity (Wildman–Crippen MR) is 66.4 cm³/mol. The monoisotopic (exact) mass is 288 g/mol. The molecule has 1 aliphatic carbocycles. The van der Waals surface area contributed by atoms with E-state index in [9.17, 15) is 22.0 Å². The van der Waals surface area contributed by atoms with E-state index in [0.29, 0.717) is 5.57 Å². The average Bonchev–Trinajstić information content (AvgIpc) is 2.61. The van der Waals surface area contributed by atoms with Crippen molar-refractivity contribution in [3.63, 3.8) is 0 Å². The summed E-state index contributed by atoms with van der Waals surface area (Å²) in [5.41, 5.74) is 1.58. The van der Waals surface area contributed by atoms with Gasteiger partial charge in [0.1, 0.15) is 0 Å². The van der Waals surface area contributed by atoms with Gasteiger partial charge in [-0.15, -0.1) is 0 Å². The predicted octanol–water partition coefficient (Wildman–Crippen LogP) is 5.14. The van der Waals surface area contributed by atoms with E-state index in [2.05, 4.69) is 0 Å². The molecule has 0 saturated carbocycles. The minimum atomic E-state index is -2.13. The van der Waals surface area contributed by atoms with Crippen LogP contribution < -0.4 is 0 Å². The van der Waals surface area contributed by atoms with Crippen molar-refractivity contribution in [1.29, 1.82) is 0 Å². The Labute approximate surface area is 113 Å². The molecule has 0 fully saturated rings. The van der Waals surface area contributed by atoms with Crippen LogP contribution in [0.5, 0.6) is 0 Å². The fourth-order valence-electron chi connectivity index (χ4n) is 2.61. The van der Waals surface area contributed by atoms with E-state index >= 15 is 0 Å². The lowest BCUT2D eigenvalue weighted by Gasteiger charge is -2.16. The van der Waals surface area contributed by atoms with Crippen LogP contribution in [0.2, 0.25) is 0 Å². The number of hydrogen-bond donors (Lipinski definition) is 0. The lowest BCUT2D eigenvalue weighted by molar-refractivity contribution is 0.375. The highest BCUT2D eigenvalue weighted by Crippen LogP contribution is 2.44. The van der Waals surface area contributed by atoms with Crippen molar-refractivity contribution in [3.8, 4) is 0 Å². The summed E-state index contributed by atoms with van der Waals surface area (Å²) in [5.74, 6) is -9.88. The quantitative estimate of drug-likeness (QED) is 0.381. The molecule has 0 N–H and O–H groups in total. The molecule has 0 spiro atoms. The fourth-order valence-corrected chi connectivity index (χ4v) is 2.61. The number of rotatable bonds is 1. The van der Waals surface area contributed by atoms with Crippen molar-refractivity contribution < 1.29 is 22.0 Å². The second kappa shape index (κ2) is 4.72. The molecule has 1 atom stereocenters. The van der Waals surface area contributed by atoms with E-state index in [-0.39, 0.29) is 11.5 Å². The summed E-state index contributed by atoms with van der Waals surface area (Å²) in [6, 6.07) is 0. The van der Waals surface area contributed by atoms with Gasteiger partial charge < -0.3 is 0 Å². The van der Waals surface area contributed by atoms with Gasteiger partial charge in [-0.2, -0.15) is 0 Å². The molecule has 0 amide bonds. The summed E-state index contributed by atoms with van der Waals surface area (Å²) in [5, 5.41) is 0. The van der Waals surface area contributed by atoms with E-state index in [1.807, 2.05) is 0 Å². The maximum atomic E-state index is 13.9. The molecule has 1 aromatic carbocycles. The summed E-state index contributed by atoms with van der Waals surface area (Å²) in [6.45, 7) is 6.85. The molecule has 0 heterocycles. The van der Waals surface area contributed by atoms with Gasteiger partial charge in [0.2, 0.25) is 5.82 Å². The van der Waals surface area contributed by atoms with Gasteiger partial charge >= 0.3 is 0 Å². The first-order valence-corrected chi connectivity index (χ1v) is 6.10. The second-order valence-electron chi connectivity index (χ2n) is 5.01. The summed E-state index contributed by atoms with van der Waals surface area (Å²) in [6.07, 6.45) is 0. The Bertz CT molecular complexity index is 638. The molecular formula is C15H13F5. The van der Waals surface area contributed by atoms with E-state index in [1.165, 1.54) is 0 Å². The first-order valence-electron chi connectivity index (χ1n) is 6.10. The third-order valence-corrected chi connectivity index (χ3v) is 4.12. The second-order valence-corrected chi connectivity index (χ2v) is 5.01. The molecule has 0 aromatic heterocycles. The number of halogens is 5. The SMILES string of the molecule is CC1=C(C)C(C)C(c2c(F)c(F)c(F)c(F)c2F)=C1C. The molecular weight excluding hydrogens is 275 g/mol. The molecule has 0 saturated heterocycles. The zero-order chi connectivity index (χ0) is 15.4. The van der Waals surface area contributed by atoms with Crippen LogP contribution in [-0.2, 0) is 0 Å². The zero-order valence-corrected chi connectivity index (χ0v) is 11.5. The van der Waals surface area contributed by atoms with Crippen molar-refractivity contribution in [2.45, 2.75) is 27.7 Å². The summed E-state index contributed by atoms with van der Waals surface area (Å²) >= 11 is 0. The summed E-state index contributed by atoms with van der Waals surface area (Å²) < 4.78 is 67.5. The van der Waals surface area contributed by atoms with Gasteiger partial charge in [0.25, 0.3) is 0 Å². The van der Waals surface area contributed by atoms with Gasteiger partial charge in [0.05, 0.1) is 5.56 Å². The van der Waals surface area contributed by atoms with E-state index in [4.69, 9.17) is 0 Å². The number of benzene rings is 1. The van der Waals surface area contributed by atoms with Crippen molar-refractivity contribution in [2.24, 2.45) is 5.92 Å². The van der Waals surface area contributed by atoms with Crippen molar-refractivity contribution in [1.82, 2.24) is 0 Å². The Kier molecular flexibility index (Phi) is 3.48. The molecule has 0 radical (unpaired) electrons. The highest BCUT2D eigenvalue weighted by atomic mass is 19.2. The fraction of sp³-hybridized carbons (Fsp3) is 0.333. The van der Waals surface area contributed by atoms with Crippen LogP contribution in [0.4, 0.5) is 22.0 Å². The van der Waals surface area contributed by atoms with E-state index < -0.39 is 34.6 Å². The third kappa shape index (κ3) is 1.79. The third-order valence-electron chi connectivity index (χ3n) is 4.12. The molecule has 20 heavy (non-hydrogen) atoms. The zero-order valence-electron chi connectivity index (χ0n) is 11.5. The van der Waals surface area contributed by atoms with Crippen LogP contribution in [0.1, 0.15) is 33.3 Å². The maximum Gasteiger partial charge on any atom is 0.200 e. The van der Waals surface area contributed by atoms with Gasteiger partial charge in [-0.25, -0.2) is 22.0 Å². The summed E-state index contributed by atoms with van der Waals surface area (Å²) in [4.78, 5) is 0. The minimum Gasteiger partial charge on any atom is -0.203 e. The largest absolute Gasteiger partial charge is 0.203 e. The number of hydrogen-bond acceptors (Lipinski definition) is 0. The smallest absolute Gasteiger partial charge is 0.200 e. The van der Waals surface area contributed by atoms with Gasteiger partial charge in [-0.05, 0) is 37.5 Å². The van der Waals surface area contributed by atoms with E-state index in [1.54, 1.807) is 27.7 Å². The molecule has 1 aliphatic rings. The molecule has 1 aromatic rings.